The second kappa shape index (κ2) is 5.88. The van der Waals surface area contributed by atoms with Crippen LogP contribution >= 0.6 is 23.2 Å². The number of aryl methyl sites for hydroxylation is 1. The highest BCUT2D eigenvalue weighted by Gasteiger charge is 2.09. The zero-order valence-corrected chi connectivity index (χ0v) is 12.8. The van der Waals surface area contributed by atoms with Crippen molar-refractivity contribution in [3.8, 4) is 5.75 Å². The first-order valence-electron chi connectivity index (χ1n) is 6.44. The monoisotopic (exact) mass is 318 g/mol. The number of nitrogens with zero attached hydrogens (tertiary/aromatic N) is 2. The summed E-state index contributed by atoms with van der Waals surface area (Å²) < 4.78 is 5.71. The molecule has 0 radical (unpaired) electrons. The quantitative estimate of drug-likeness (QED) is 0.694. The Bertz CT molecular complexity index is 805. The van der Waals surface area contributed by atoms with E-state index in [1.807, 2.05) is 31.2 Å². The molecule has 21 heavy (non-hydrogen) atoms. The van der Waals surface area contributed by atoms with Gasteiger partial charge in [0.2, 0.25) is 0 Å². The Labute approximate surface area is 132 Å². The van der Waals surface area contributed by atoms with Gasteiger partial charge >= 0.3 is 0 Å². The molecule has 0 aliphatic carbocycles. The second-order valence-electron chi connectivity index (χ2n) is 4.59. The van der Waals surface area contributed by atoms with Gasteiger partial charge in [-0.25, -0.2) is 9.97 Å². The molecule has 106 valence electrons. The van der Waals surface area contributed by atoms with Gasteiger partial charge in [0.05, 0.1) is 27.4 Å². The van der Waals surface area contributed by atoms with Crippen LogP contribution in [-0.2, 0) is 6.61 Å². The van der Waals surface area contributed by atoms with Crippen molar-refractivity contribution >= 4 is 34.2 Å². The number of benzene rings is 2. The fraction of sp³-hybridized carbons (Fsp3) is 0.125. The van der Waals surface area contributed by atoms with E-state index in [1.165, 1.54) is 0 Å². The van der Waals surface area contributed by atoms with Gasteiger partial charge in [0.1, 0.15) is 17.4 Å². The summed E-state index contributed by atoms with van der Waals surface area (Å²) in [7, 11) is 0. The first kappa shape index (κ1) is 14.1. The van der Waals surface area contributed by atoms with Gasteiger partial charge in [-0.3, -0.25) is 0 Å². The minimum absolute atomic E-state index is 0.295. The number of rotatable bonds is 3. The van der Waals surface area contributed by atoms with Crippen molar-refractivity contribution in [3.63, 3.8) is 0 Å². The van der Waals surface area contributed by atoms with Crippen molar-refractivity contribution in [2.45, 2.75) is 13.5 Å². The summed E-state index contributed by atoms with van der Waals surface area (Å²) in [5, 5.41) is 0.876. The molecule has 0 N–H and O–H groups in total. The van der Waals surface area contributed by atoms with Crippen molar-refractivity contribution < 1.29 is 4.74 Å². The molecule has 1 aromatic heterocycles. The zero-order chi connectivity index (χ0) is 14.8. The molecule has 0 saturated heterocycles. The summed E-state index contributed by atoms with van der Waals surface area (Å²) in [5.41, 5.74) is 3.34. The number of hydrogen-bond donors (Lipinski definition) is 0. The lowest BCUT2D eigenvalue weighted by molar-refractivity contribution is 0.300. The summed E-state index contributed by atoms with van der Waals surface area (Å²) in [6, 6.07) is 13.0. The van der Waals surface area contributed by atoms with Crippen molar-refractivity contribution in [2.24, 2.45) is 0 Å². The van der Waals surface area contributed by atoms with E-state index in [4.69, 9.17) is 27.9 Å². The van der Waals surface area contributed by atoms with Crippen LogP contribution in [0.15, 0.2) is 42.5 Å². The Morgan fingerprint density at radius 1 is 0.952 bits per heavy atom. The zero-order valence-electron chi connectivity index (χ0n) is 11.3. The molecule has 0 amide bonds. The van der Waals surface area contributed by atoms with Gasteiger partial charge in [-0.1, -0.05) is 41.4 Å². The molecular weight excluding hydrogens is 307 g/mol. The highest BCUT2D eigenvalue weighted by Crippen LogP contribution is 2.32. The van der Waals surface area contributed by atoms with Crippen LogP contribution < -0.4 is 4.74 Å². The number of hydrogen-bond acceptors (Lipinski definition) is 3. The van der Waals surface area contributed by atoms with Crippen LogP contribution in [0.3, 0.4) is 0 Å². The van der Waals surface area contributed by atoms with Gasteiger partial charge in [-0.15, -0.1) is 0 Å². The fourth-order valence-corrected chi connectivity index (χ4v) is 2.35. The lowest BCUT2D eigenvalue weighted by atomic mass is 10.2. The molecule has 0 fully saturated rings. The van der Waals surface area contributed by atoms with E-state index in [-0.39, 0.29) is 0 Å². The Balaban J connectivity index is 1.88. The van der Waals surface area contributed by atoms with Crippen LogP contribution in [0.1, 0.15) is 11.4 Å². The van der Waals surface area contributed by atoms with Crippen LogP contribution in [-0.4, -0.2) is 9.97 Å². The molecule has 0 spiro atoms. The third-order valence-electron chi connectivity index (χ3n) is 3.12. The third kappa shape index (κ3) is 2.94. The number of para-hydroxylation sites is 2. The SMILES string of the molecule is Cc1nc2ccccc2nc1COc1cccc(Cl)c1Cl. The summed E-state index contributed by atoms with van der Waals surface area (Å²) in [4.78, 5) is 9.10. The van der Waals surface area contributed by atoms with E-state index >= 15 is 0 Å². The predicted octanol–water partition coefficient (Wildman–Crippen LogP) is 4.82. The first-order valence-corrected chi connectivity index (χ1v) is 7.20. The molecule has 0 saturated carbocycles. The molecule has 0 aliphatic heterocycles. The van der Waals surface area contributed by atoms with Gasteiger partial charge in [0.15, 0.2) is 0 Å². The normalized spacial score (nSPS) is 10.8. The minimum atomic E-state index is 0.295. The van der Waals surface area contributed by atoms with Crippen molar-refractivity contribution in [3.05, 3.63) is 63.9 Å². The Kier molecular flexibility index (Phi) is 3.95. The summed E-state index contributed by atoms with van der Waals surface area (Å²) in [6.45, 7) is 2.21. The Hall–Kier alpha value is -1.84. The van der Waals surface area contributed by atoms with Crippen LogP contribution in [0.2, 0.25) is 10.0 Å². The molecule has 0 unspecified atom stereocenters. The maximum absolute atomic E-state index is 6.10. The fourth-order valence-electron chi connectivity index (χ4n) is 2.00. The van der Waals surface area contributed by atoms with E-state index in [9.17, 15) is 0 Å². The summed E-state index contributed by atoms with van der Waals surface area (Å²) >= 11 is 12.1. The van der Waals surface area contributed by atoms with Crippen molar-refractivity contribution in [1.82, 2.24) is 9.97 Å². The van der Waals surface area contributed by atoms with E-state index < -0.39 is 0 Å². The van der Waals surface area contributed by atoms with E-state index in [1.54, 1.807) is 18.2 Å². The maximum atomic E-state index is 6.10. The van der Waals surface area contributed by atoms with Crippen LogP contribution in [0.4, 0.5) is 0 Å². The second-order valence-corrected chi connectivity index (χ2v) is 5.37. The Morgan fingerprint density at radius 3 is 2.43 bits per heavy atom. The molecule has 3 aromatic rings. The molecular formula is C16H12Cl2N2O. The summed E-state index contributed by atoms with van der Waals surface area (Å²) in [5.74, 6) is 0.540. The molecule has 3 rings (SSSR count). The number of aromatic nitrogens is 2. The number of halogens is 2. The lowest BCUT2D eigenvalue weighted by Gasteiger charge is -2.10. The standard InChI is InChI=1S/C16H12Cl2N2O/c1-10-14(20-13-7-3-2-6-12(13)19-10)9-21-15-8-4-5-11(17)16(15)18/h2-8H,9H2,1H3. The van der Waals surface area contributed by atoms with Gasteiger partial charge < -0.3 is 4.74 Å². The van der Waals surface area contributed by atoms with Gasteiger partial charge in [0.25, 0.3) is 0 Å². The lowest BCUT2D eigenvalue weighted by Crippen LogP contribution is -2.03. The topological polar surface area (TPSA) is 35.0 Å². The van der Waals surface area contributed by atoms with Gasteiger partial charge in [-0.2, -0.15) is 0 Å². The third-order valence-corrected chi connectivity index (χ3v) is 3.93. The van der Waals surface area contributed by atoms with Gasteiger partial charge in [-0.05, 0) is 31.2 Å². The highest BCUT2D eigenvalue weighted by atomic mass is 35.5. The average Bonchev–Trinajstić information content (AvgIpc) is 2.49. The maximum Gasteiger partial charge on any atom is 0.140 e. The number of fused-ring (bicyclic) bond motifs is 1. The van der Waals surface area contributed by atoms with E-state index in [0.29, 0.717) is 22.4 Å². The summed E-state index contributed by atoms with van der Waals surface area (Å²) in [6.07, 6.45) is 0. The predicted molar refractivity (Wildman–Crippen MR) is 85.1 cm³/mol. The van der Waals surface area contributed by atoms with Crippen molar-refractivity contribution in [1.29, 1.82) is 0 Å². The molecule has 1 heterocycles. The molecule has 3 nitrogen and oxygen atoms in total. The molecule has 5 heteroatoms. The molecule has 2 aromatic carbocycles. The Morgan fingerprint density at radius 2 is 1.67 bits per heavy atom. The molecule has 0 atom stereocenters. The first-order chi connectivity index (χ1) is 10.1. The van der Waals surface area contributed by atoms with E-state index in [0.717, 1.165) is 22.4 Å². The number of ether oxygens (including phenoxy) is 1. The highest BCUT2D eigenvalue weighted by molar-refractivity contribution is 6.42. The largest absolute Gasteiger partial charge is 0.486 e. The smallest absolute Gasteiger partial charge is 0.140 e. The van der Waals surface area contributed by atoms with E-state index in [2.05, 4.69) is 9.97 Å². The van der Waals surface area contributed by atoms with Gasteiger partial charge in [0, 0.05) is 0 Å². The van der Waals surface area contributed by atoms with Crippen LogP contribution in [0.25, 0.3) is 11.0 Å². The van der Waals surface area contributed by atoms with Crippen LogP contribution in [0.5, 0.6) is 5.75 Å². The van der Waals surface area contributed by atoms with Crippen LogP contribution in [0, 0.1) is 6.92 Å². The minimum Gasteiger partial charge on any atom is -0.486 e. The van der Waals surface area contributed by atoms with Crippen molar-refractivity contribution in [2.75, 3.05) is 0 Å². The molecule has 0 bridgehead atoms. The average molecular weight is 319 g/mol. The molecule has 0 aliphatic rings.